The second-order valence-electron chi connectivity index (χ2n) is 5.42. The van der Waals surface area contributed by atoms with Crippen LogP contribution in [0.4, 0.5) is 0 Å². The first-order chi connectivity index (χ1) is 10.5. The molecule has 1 aliphatic rings. The Morgan fingerprint density at radius 2 is 2.05 bits per heavy atom. The van der Waals surface area contributed by atoms with Crippen molar-refractivity contribution in [1.82, 2.24) is 5.16 Å². The lowest BCUT2D eigenvalue weighted by Gasteiger charge is -2.38. The third-order valence-corrected chi connectivity index (χ3v) is 4.62. The van der Waals surface area contributed by atoms with Crippen LogP contribution in [0.2, 0.25) is 0 Å². The Hall–Kier alpha value is -1.95. The number of ketones is 1. The van der Waals surface area contributed by atoms with Gasteiger partial charge in [-0.25, -0.2) is 0 Å². The normalized spacial score (nSPS) is 16.2. The van der Waals surface area contributed by atoms with Gasteiger partial charge in [0.15, 0.2) is 4.60 Å². The molecule has 5 nitrogen and oxygen atoms in total. The first-order valence-corrected chi connectivity index (χ1v) is 7.67. The van der Waals surface area contributed by atoms with Crippen LogP contribution in [0.5, 0.6) is 0 Å². The molecule has 0 spiro atoms. The van der Waals surface area contributed by atoms with Gasteiger partial charge in [-0.05, 0) is 28.4 Å². The molecular formula is C16H14BrNO4. The summed E-state index contributed by atoms with van der Waals surface area (Å²) in [4.78, 5) is 24.1. The van der Waals surface area contributed by atoms with Crippen molar-refractivity contribution in [2.24, 2.45) is 0 Å². The van der Waals surface area contributed by atoms with Gasteiger partial charge in [0.05, 0.1) is 5.56 Å². The van der Waals surface area contributed by atoms with Gasteiger partial charge >= 0.3 is 5.97 Å². The van der Waals surface area contributed by atoms with E-state index in [1.54, 1.807) is 6.92 Å². The zero-order chi connectivity index (χ0) is 15.7. The Morgan fingerprint density at radius 1 is 1.36 bits per heavy atom. The smallest absolute Gasteiger partial charge is 0.317 e. The summed E-state index contributed by atoms with van der Waals surface area (Å²) < 4.78 is 11.0. The number of aryl methyl sites for hydroxylation is 1. The van der Waals surface area contributed by atoms with Crippen LogP contribution in [0, 0.1) is 6.92 Å². The summed E-state index contributed by atoms with van der Waals surface area (Å²) in [6, 6.07) is 9.30. The summed E-state index contributed by atoms with van der Waals surface area (Å²) in [5, 5.41) is 3.76. The second-order valence-corrected chi connectivity index (χ2v) is 6.18. The molecule has 0 aliphatic heterocycles. The quantitative estimate of drug-likeness (QED) is 0.780. The Bertz CT molecular complexity index is 696. The molecule has 1 fully saturated rings. The number of rotatable bonds is 4. The monoisotopic (exact) mass is 363 g/mol. The lowest BCUT2D eigenvalue weighted by Crippen LogP contribution is -2.49. The van der Waals surface area contributed by atoms with E-state index >= 15 is 0 Å². The number of nitrogens with zero attached hydrogens (tertiary/aromatic N) is 1. The first kappa shape index (κ1) is 15.0. The molecular weight excluding hydrogens is 350 g/mol. The molecule has 3 rings (SSSR count). The molecule has 6 heteroatoms. The van der Waals surface area contributed by atoms with Gasteiger partial charge in [0.1, 0.15) is 23.6 Å². The Balaban J connectivity index is 1.79. The third kappa shape index (κ3) is 2.47. The topological polar surface area (TPSA) is 69.4 Å². The van der Waals surface area contributed by atoms with E-state index in [0.717, 1.165) is 5.56 Å². The van der Waals surface area contributed by atoms with E-state index in [0.29, 0.717) is 15.9 Å². The van der Waals surface area contributed by atoms with Gasteiger partial charge in [-0.15, -0.1) is 0 Å². The van der Waals surface area contributed by atoms with Gasteiger partial charge in [-0.2, -0.15) is 0 Å². The minimum atomic E-state index is -0.851. The fourth-order valence-corrected chi connectivity index (χ4v) is 3.11. The minimum Gasteiger partial charge on any atom is -0.460 e. The molecule has 114 valence electrons. The molecule has 0 N–H and O–H groups in total. The fourth-order valence-electron chi connectivity index (χ4n) is 2.65. The van der Waals surface area contributed by atoms with Gasteiger partial charge in [0, 0.05) is 12.8 Å². The van der Waals surface area contributed by atoms with Crippen molar-refractivity contribution in [3.8, 4) is 0 Å². The molecule has 22 heavy (non-hydrogen) atoms. The molecule has 1 aromatic carbocycles. The van der Waals surface area contributed by atoms with Gasteiger partial charge in [-0.1, -0.05) is 35.5 Å². The van der Waals surface area contributed by atoms with Crippen LogP contribution in [-0.4, -0.2) is 16.9 Å². The number of aromatic nitrogens is 1. The number of halogens is 1. The number of carbonyl (C=O) groups excluding carboxylic acids is 2. The van der Waals surface area contributed by atoms with Crippen LogP contribution in [0.15, 0.2) is 39.5 Å². The van der Waals surface area contributed by atoms with E-state index in [2.05, 4.69) is 21.1 Å². The Morgan fingerprint density at radius 3 is 2.59 bits per heavy atom. The zero-order valence-corrected chi connectivity index (χ0v) is 13.6. The van der Waals surface area contributed by atoms with Crippen molar-refractivity contribution < 1.29 is 18.8 Å². The van der Waals surface area contributed by atoms with Crippen LogP contribution in [0.25, 0.3) is 0 Å². The Kier molecular flexibility index (Phi) is 3.87. The van der Waals surface area contributed by atoms with Gasteiger partial charge in [-0.3, -0.25) is 9.59 Å². The maximum atomic E-state index is 12.6. The molecule has 0 amide bonds. The van der Waals surface area contributed by atoms with Crippen LogP contribution in [-0.2, 0) is 26.3 Å². The van der Waals surface area contributed by atoms with Crippen LogP contribution < -0.4 is 0 Å². The fraction of sp³-hybridized carbons (Fsp3) is 0.312. The van der Waals surface area contributed by atoms with Crippen LogP contribution in [0.3, 0.4) is 0 Å². The number of Topliss-reactive ketones (excluding diaryl/α,β-unsaturated/α-hetero) is 1. The van der Waals surface area contributed by atoms with Crippen molar-refractivity contribution >= 4 is 27.7 Å². The highest BCUT2D eigenvalue weighted by atomic mass is 79.9. The van der Waals surface area contributed by atoms with Gasteiger partial charge in [0.25, 0.3) is 0 Å². The molecule has 0 unspecified atom stereocenters. The lowest BCUT2D eigenvalue weighted by molar-refractivity contribution is -0.160. The van der Waals surface area contributed by atoms with E-state index in [9.17, 15) is 9.59 Å². The molecule has 1 saturated carbocycles. The van der Waals surface area contributed by atoms with Crippen LogP contribution in [0.1, 0.15) is 29.7 Å². The maximum absolute atomic E-state index is 12.6. The number of benzene rings is 1. The highest BCUT2D eigenvalue weighted by molar-refractivity contribution is 9.10. The summed E-state index contributed by atoms with van der Waals surface area (Å²) in [5.74, 6) is 0.284. The zero-order valence-electron chi connectivity index (χ0n) is 12.0. The largest absolute Gasteiger partial charge is 0.460 e. The Labute approximate surface area is 135 Å². The van der Waals surface area contributed by atoms with Crippen molar-refractivity contribution in [1.29, 1.82) is 0 Å². The molecule has 2 aromatic rings. The molecule has 0 atom stereocenters. The summed E-state index contributed by atoms with van der Waals surface area (Å²) in [6.07, 6.45) is 0.388. The predicted molar refractivity (Wildman–Crippen MR) is 81.1 cm³/mol. The lowest BCUT2D eigenvalue weighted by atomic mass is 9.63. The number of hydrogen-bond acceptors (Lipinski definition) is 5. The second kappa shape index (κ2) is 5.68. The molecule has 1 aromatic heterocycles. The standard InChI is InChI=1S/C16H14BrNO4/c1-10-13(14(17)18-22-10)9-21-15(20)16(7-12(19)8-16)11-5-3-2-4-6-11/h2-6H,7-9H2,1H3. The number of hydrogen-bond donors (Lipinski definition) is 0. The predicted octanol–water partition coefficient (Wildman–Crippen LogP) is 3.09. The molecule has 0 saturated heterocycles. The van der Waals surface area contributed by atoms with Crippen LogP contribution >= 0.6 is 15.9 Å². The molecule has 1 aliphatic carbocycles. The van der Waals surface area contributed by atoms with Gasteiger partial charge in [0.2, 0.25) is 0 Å². The third-order valence-electron chi connectivity index (χ3n) is 4.00. The average Bonchev–Trinajstić information content (AvgIpc) is 2.81. The van der Waals surface area contributed by atoms with E-state index < -0.39 is 5.41 Å². The summed E-state index contributed by atoms with van der Waals surface area (Å²) >= 11 is 3.25. The number of ether oxygens (including phenoxy) is 1. The van der Waals surface area contributed by atoms with Crippen molar-refractivity contribution in [3.63, 3.8) is 0 Å². The summed E-state index contributed by atoms with van der Waals surface area (Å²) in [5.41, 5.74) is 0.665. The highest BCUT2D eigenvalue weighted by Crippen LogP contribution is 2.42. The number of carbonyl (C=O) groups is 2. The highest BCUT2D eigenvalue weighted by Gasteiger charge is 2.52. The van der Waals surface area contributed by atoms with Gasteiger partial charge < -0.3 is 9.26 Å². The van der Waals surface area contributed by atoms with E-state index in [1.165, 1.54) is 0 Å². The number of esters is 1. The SMILES string of the molecule is Cc1onc(Br)c1COC(=O)C1(c2ccccc2)CC(=O)C1. The van der Waals surface area contributed by atoms with E-state index in [1.807, 2.05) is 30.3 Å². The van der Waals surface area contributed by atoms with Crippen molar-refractivity contribution in [2.45, 2.75) is 31.8 Å². The minimum absolute atomic E-state index is 0.0670. The van der Waals surface area contributed by atoms with Crippen molar-refractivity contribution in [3.05, 3.63) is 51.8 Å². The van der Waals surface area contributed by atoms with E-state index in [-0.39, 0.29) is 31.2 Å². The molecule has 0 radical (unpaired) electrons. The maximum Gasteiger partial charge on any atom is 0.317 e. The molecule has 1 heterocycles. The summed E-state index contributed by atoms with van der Waals surface area (Å²) in [6.45, 7) is 1.82. The van der Waals surface area contributed by atoms with Crippen molar-refractivity contribution in [2.75, 3.05) is 0 Å². The molecule has 0 bridgehead atoms. The summed E-state index contributed by atoms with van der Waals surface area (Å²) in [7, 11) is 0. The average molecular weight is 364 g/mol. The first-order valence-electron chi connectivity index (χ1n) is 6.88. The van der Waals surface area contributed by atoms with E-state index in [4.69, 9.17) is 9.26 Å².